The number of halogens is 1. The fraction of sp³-hybridized carbons (Fsp3) is 0.727. The van der Waals surface area contributed by atoms with Gasteiger partial charge < -0.3 is 4.74 Å². The van der Waals surface area contributed by atoms with Gasteiger partial charge in [-0.3, -0.25) is 4.68 Å². The van der Waals surface area contributed by atoms with E-state index >= 15 is 0 Å². The van der Waals surface area contributed by atoms with E-state index in [0.717, 1.165) is 11.4 Å². The summed E-state index contributed by atoms with van der Waals surface area (Å²) >= 11 is 0. The molecule has 0 aliphatic heterocycles. The van der Waals surface area contributed by atoms with E-state index in [0.29, 0.717) is 5.92 Å². The third kappa shape index (κ3) is 3.30. The molecule has 4 heteroatoms. The zero-order chi connectivity index (χ0) is 11.4. The molecule has 1 unspecified atom stereocenters. The summed E-state index contributed by atoms with van der Waals surface area (Å²) in [6.45, 7) is 6.49. The number of ether oxygens (including phenoxy) is 1. The van der Waals surface area contributed by atoms with Crippen molar-refractivity contribution in [2.75, 3.05) is 13.7 Å². The van der Waals surface area contributed by atoms with Crippen LogP contribution in [-0.2, 0) is 11.3 Å². The van der Waals surface area contributed by atoms with Crippen molar-refractivity contribution in [1.82, 2.24) is 9.78 Å². The summed E-state index contributed by atoms with van der Waals surface area (Å²) < 4.78 is 19.8. The van der Waals surface area contributed by atoms with Crippen molar-refractivity contribution in [1.29, 1.82) is 0 Å². The van der Waals surface area contributed by atoms with Crippen LogP contribution in [0.5, 0.6) is 0 Å². The Kier molecular flexibility index (Phi) is 4.27. The maximum Gasteiger partial charge on any atom is 0.143 e. The number of aryl methyl sites for hydroxylation is 1. The van der Waals surface area contributed by atoms with E-state index in [1.807, 2.05) is 13.0 Å². The van der Waals surface area contributed by atoms with Crippen LogP contribution in [0.1, 0.15) is 31.2 Å². The topological polar surface area (TPSA) is 27.1 Å². The Morgan fingerprint density at radius 3 is 2.67 bits per heavy atom. The molecule has 0 aliphatic rings. The predicted molar refractivity (Wildman–Crippen MR) is 57.8 cm³/mol. The van der Waals surface area contributed by atoms with Crippen molar-refractivity contribution in [3.63, 3.8) is 0 Å². The molecule has 1 rings (SSSR count). The van der Waals surface area contributed by atoms with Crippen molar-refractivity contribution < 1.29 is 9.13 Å². The van der Waals surface area contributed by atoms with Crippen LogP contribution in [-0.4, -0.2) is 29.7 Å². The highest BCUT2D eigenvalue weighted by Gasteiger charge is 2.12. The first kappa shape index (κ1) is 12.2. The molecule has 3 nitrogen and oxygen atoms in total. The Morgan fingerprint density at radius 2 is 2.20 bits per heavy atom. The number of hydrogen-bond acceptors (Lipinski definition) is 2. The summed E-state index contributed by atoms with van der Waals surface area (Å²) in [5.41, 5.74) is 2.01. The number of rotatable bonds is 5. The normalized spacial score (nSPS) is 13.5. The van der Waals surface area contributed by atoms with Crippen molar-refractivity contribution in [3.8, 4) is 0 Å². The molecule has 0 amide bonds. The van der Waals surface area contributed by atoms with Gasteiger partial charge in [0, 0.05) is 12.8 Å². The SMILES string of the molecule is COCC(F)Cn1nc(C(C)C)cc1C. The van der Waals surface area contributed by atoms with E-state index in [1.165, 1.54) is 7.11 Å². The quantitative estimate of drug-likeness (QED) is 0.752. The molecule has 0 radical (unpaired) electrons. The summed E-state index contributed by atoms with van der Waals surface area (Å²) in [5.74, 6) is 0.380. The second kappa shape index (κ2) is 5.26. The van der Waals surface area contributed by atoms with Crippen LogP contribution in [0.4, 0.5) is 4.39 Å². The maximum atomic E-state index is 13.3. The molecule has 1 atom stereocenters. The fourth-order valence-corrected chi connectivity index (χ4v) is 1.42. The van der Waals surface area contributed by atoms with Crippen LogP contribution in [0.3, 0.4) is 0 Å². The molecule has 0 N–H and O–H groups in total. The Hall–Kier alpha value is -0.900. The van der Waals surface area contributed by atoms with Crippen LogP contribution in [0.15, 0.2) is 6.07 Å². The predicted octanol–water partition coefficient (Wildman–Crippen LogP) is 2.30. The van der Waals surface area contributed by atoms with E-state index in [-0.39, 0.29) is 13.2 Å². The summed E-state index contributed by atoms with van der Waals surface area (Å²) in [6, 6.07) is 2.00. The summed E-state index contributed by atoms with van der Waals surface area (Å²) in [4.78, 5) is 0. The molecule has 0 bridgehead atoms. The van der Waals surface area contributed by atoms with Crippen molar-refractivity contribution in [2.24, 2.45) is 0 Å². The number of methoxy groups -OCH3 is 1. The maximum absolute atomic E-state index is 13.3. The summed E-state index contributed by atoms with van der Waals surface area (Å²) in [7, 11) is 1.50. The van der Waals surface area contributed by atoms with E-state index in [1.54, 1.807) is 4.68 Å². The van der Waals surface area contributed by atoms with Crippen LogP contribution in [0, 0.1) is 6.92 Å². The zero-order valence-corrected chi connectivity index (χ0v) is 9.83. The molecule has 0 aromatic carbocycles. The molecular weight excluding hydrogens is 195 g/mol. The average Bonchev–Trinajstić information content (AvgIpc) is 2.48. The summed E-state index contributed by atoms with van der Waals surface area (Å²) in [6.07, 6.45) is -0.992. The molecule has 1 aromatic heterocycles. The number of alkyl halides is 1. The molecule has 86 valence electrons. The lowest BCUT2D eigenvalue weighted by Gasteiger charge is -2.08. The van der Waals surface area contributed by atoms with Crippen LogP contribution in [0.25, 0.3) is 0 Å². The average molecular weight is 214 g/mol. The molecule has 0 saturated carbocycles. The van der Waals surface area contributed by atoms with Gasteiger partial charge in [0.25, 0.3) is 0 Å². The van der Waals surface area contributed by atoms with Crippen molar-refractivity contribution in [2.45, 2.75) is 39.4 Å². The minimum absolute atomic E-state index is 0.121. The van der Waals surface area contributed by atoms with Crippen LogP contribution < -0.4 is 0 Å². The molecule has 1 heterocycles. The number of aromatic nitrogens is 2. The second-order valence-electron chi connectivity index (χ2n) is 4.10. The first-order chi connectivity index (χ1) is 7.04. The van der Waals surface area contributed by atoms with Gasteiger partial charge in [-0.1, -0.05) is 13.8 Å². The lowest BCUT2D eigenvalue weighted by Crippen LogP contribution is -2.18. The van der Waals surface area contributed by atoms with Gasteiger partial charge in [-0.2, -0.15) is 5.10 Å². The third-order valence-electron chi connectivity index (χ3n) is 2.31. The highest BCUT2D eigenvalue weighted by atomic mass is 19.1. The first-order valence-electron chi connectivity index (χ1n) is 5.22. The lowest BCUT2D eigenvalue weighted by molar-refractivity contribution is 0.111. The Bertz CT molecular complexity index is 310. The van der Waals surface area contributed by atoms with Gasteiger partial charge in [0.15, 0.2) is 0 Å². The van der Waals surface area contributed by atoms with Gasteiger partial charge in [-0.15, -0.1) is 0 Å². The van der Waals surface area contributed by atoms with Gasteiger partial charge >= 0.3 is 0 Å². The van der Waals surface area contributed by atoms with E-state index < -0.39 is 6.17 Å². The molecule has 15 heavy (non-hydrogen) atoms. The smallest absolute Gasteiger partial charge is 0.143 e. The van der Waals surface area contributed by atoms with Crippen molar-refractivity contribution in [3.05, 3.63) is 17.5 Å². The Balaban J connectivity index is 2.68. The highest BCUT2D eigenvalue weighted by Crippen LogP contribution is 2.14. The standard InChI is InChI=1S/C11H19FN2O/c1-8(2)11-5-9(3)14(13-11)6-10(12)7-15-4/h5,8,10H,6-7H2,1-4H3. The first-order valence-corrected chi connectivity index (χ1v) is 5.22. The van der Waals surface area contributed by atoms with Crippen molar-refractivity contribution >= 4 is 0 Å². The van der Waals surface area contributed by atoms with E-state index in [9.17, 15) is 4.39 Å². The molecule has 0 fully saturated rings. The summed E-state index contributed by atoms with van der Waals surface area (Å²) in [5, 5.41) is 4.35. The lowest BCUT2D eigenvalue weighted by atomic mass is 10.1. The molecule has 1 aromatic rings. The van der Waals surface area contributed by atoms with Crippen LogP contribution in [0.2, 0.25) is 0 Å². The molecular formula is C11H19FN2O. The van der Waals surface area contributed by atoms with Gasteiger partial charge in [0.2, 0.25) is 0 Å². The monoisotopic (exact) mass is 214 g/mol. The third-order valence-corrected chi connectivity index (χ3v) is 2.31. The van der Waals surface area contributed by atoms with E-state index in [2.05, 4.69) is 18.9 Å². The second-order valence-corrected chi connectivity index (χ2v) is 4.10. The van der Waals surface area contributed by atoms with Gasteiger partial charge in [0.1, 0.15) is 6.17 Å². The fourth-order valence-electron chi connectivity index (χ4n) is 1.42. The number of hydrogen-bond donors (Lipinski definition) is 0. The van der Waals surface area contributed by atoms with Gasteiger partial charge in [0.05, 0.1) is 18.8 Å². The largest absolute Gasteiger partial charge is 0.382 e. The number of nitrogens with zero attached hydrogens (tertiary/aromatic N) is 2. The Labute approximate surface area is 90.2 Å². The van der Waals surface area contributed by atoms with Gasteiger partial charge in [-0.25, -0.2) is 4.39 Å². The zero-order valence-electron chi connectivity index (χ0n) is 9.83. The highest BCUT2D eigenvalue weighted by molar-refractivity contribution is 5.12. The molecule has 0 aliphatic carbocycles. The molecule has 0 saturated heterocycles. The minimum Gasteiger partial charge on any atom is -0.382 e. The molecule has 0 spiro atoms. The minimum atomic E-state index is -0.992. The Morgan fingerprint density at radius 1 is 1.53 bits per heavy atom. The van der Waals surface area contributed by atoms with Gasteiger partial charge in [-0.05, 0) is 18.9 Å². The van der Waals surface area contributed by atoms with E-state index in [4.69, 9.17) is 4.74 Å². The van der Waals surface area contributed by atoms with Crippen LogP contribution >= 0.6 is 0 Å².